The van der Waals surface area contributed by atoms with E-state index in [4.69, 9.17) is 29.8 Å². The molecule has 0 aromatic heterocycles. The molecule has 0 fully saturated rings. The van der Waals surface area contributed by atoms with Gasteiger partial charge in [-0.2, -0.15) is 0 Å². The summed E-state index contributed by atoms with van der Waals surface area (Å²) in [5, 5.41) is 16.8. The summed E-state index contributed by atoms with van der Waals surface area (Å²) in [6.45, 7) is 0. The summed E-state index contributed by atoms with van der Waals surface area (Å²) in [6, 6.07) is 0. The summed E-state index contributed by atoms with van der Waals surface area (Å²) in [6.07, 6.45) is 0. The first-order valence-electron chi connectivity index (χ1n) is 3.45. The number of hydrogen-bond donors (Lipinski definition) is 6. The standard InChI is InChI=1S/C4H8O10P2.2H2O/c5-3(6)1(15(9,10)11)2(4(7)8)16(12,13)14;;/h1-2H,(H,5,6)(H,7,8)(H2,9,10,11)(H2,12,13,14);2*1H2. The van der Waals surface area contributed by atoms with Gasteiger partial charge in [-0.1, -0.05) is 0 Å². The van der Waals surface area contributed by atoms with Gasteiger partial charge in [0.05, 0.1) is 0 Å². The van der Waals surface area contributed by atoms with Gasteiger partial charge in [-0.05, 0) is 0 Å². The highest BCUT2D eigenvalue weighted by atomic mass is 31.2. The molecule has 0 aromatic carbocycles. The molecule has 18 heavy (non-hydrogen) atoms. The Morgan fingerprint density at radius 2 is 0.889 bits per heavy atom. The lowest BCUT2D eigenvalue weighted by Gasteiger charge is -2.21. The van der Waals surface area contributed by atoms with Gasteiger partial charge in [-0.3, -0.25) is 18.7 Å². The van der Waals surface area contributed by atoms with Crippen LogP contribution in [0.15, 0.2) is 0 Å². The summed E-state index contributed by atoms with van der Waals surface area (Å²) >= 11 is 0. The lowest BCUT2D eigenvalue weighted by atomic mass is 10.3. The van der Waals surface area contributed by atoms with Crippen LogP contribution in [0.25, 0.3) is 0 Å². The number of hydrogen-bond acceptors (Lipinski definition) is 4. The van der Waals surface area contributed by atoms with Gasteiger partial charge in [0.15, 0.2) is 11.3 Å². The first kappa shape index (κ1) is 22.3. The molecule has 12 nitrogen and oxygen atoms in total. The third-order valence-corrected chi connectivity index (χ3v) is 4.25. The molecule has 0 aliphatic rings. The number of carboxylic acids is 2. The Balaban J connectivity index is -0.00000112. The van der Waals surface area contributed by atoms with Crippen LogP contribution >= 0.6 is 15.2 Å². The Kier molecular flexibility index (Phi) is 8.60. The first-order chi connectivity index (χ1) is 6.89. The van der Waals surface area contributed by atoms with Crippen molar-refractivity contribution in [1.29, 1.82) is 0 Å². The van der Waals surface area contributed by atoms with Crippen LogP contribution in [0, 0.1) is 0 Å². The van der Waals surface area contributed by atoms with Crippen molar-refractivity contribution in [3.63, 3.8) is 0 Å². The van der Waals surface area contributed by atoms with Crippen molar-refractivity contribution in [3.05, 3.63) is 0 Å². The molecule has 0 amide bonds. The van der Waals surface area contributed by atoms with Crippen LogP contribution in [-0.4, -0.2) is 64.0 Å². The average molecular weight is 314 g/mol. The molecule has 0 saturated carbocycles. The molecule has 0 aliphatic carbocycles. The third kappa shape index (κ3) is 5.67. The molecule has 2 atom stereocenters. The normalized spacial score (nSPS) is 14.7. The number of aliphatic carboxylic acids is 2. The van der Waals surface area contributed by atoms with Gasteiger partial charge in [0.2, 0.25) is 0 Å². The molecule has 110 valence electrons. The molecule has 0 rings (SSSR count). The first-order valence-corrected chi connectivity index (χ1v) is 6.81. The highest BCUT2D eigenvalue weighted by Gasteiger charge is 2.54. The molecular formula is C4H12O12P2. The van der Waals surface area contributed by atoms with Gasteiger partial charge in [0.25, 0.3) is 0 Å². The quantitative estimate of drug-likeness (QED) is 0.274. The van der Waals surface area contributed by atoms with Crippen LogP contribution < -0.4 is 0 Å². The summed E-state index contributed by atoms with van der Waals surface area (Å²) in [5.41, 5.74) is -5.99. The van der Waals surface area contributed by atoms with E-state index in [9.17, 15) is 18.7 Å². The summed E-state index contributed by atoms with van der Waals surface area (Å²) < 4.78 is 21.3. The van der Waals surface area contributed by atoms with E-state index in [1.807, 2.05) is 0 Å². The number of carbonyl (C=O) groups is 2. The Labute approximate surface area is 98.8 Å². The van der Waals surface area contributed by atoms with Gasteiger partial charge >= 0.3 is 27.1 Å². The van der Waals surface area contributed by atoms with Crippen molar-refractivity contribution in [2.45, 2.75) is 11.3 Å². The van der Waals surface area contributed by atoms with Crippen molar-refractivity contribution in [3.8, 4) is 0 Å². The topological polar surface area (TPSA) is 253 Å². The van der Waals surface area contributed by atoms with Crippen LogP contribution in [-0.2, 0) is 18.7 Å². The van der Waals surface area contributed by atoms with Crippen LogP contribution in [0.3, 0.4) is 0 Å². The van der Waals surface area contributed by atoms with Crippen LogP contribution in [0.1, 0.15) is 0 Å². The van der Waals surface area contributed by atoms with Crippen LogP contribution in [0.5, 0.6) is 0 Å². The molecule has 0 heterocycles. The van der Waals surface area contributed by atoms with Crippen LogP contribution in [0.4, 0.5) is 0 Å². The van der Waals surface area contributed by atoms with Gasteiger partial charge < -0.3 is 40.7 Å². The fourth-order valence-electron chi connectivity index (χ4n) is 0.926. The summed E-state index contributed by atoms with van der Waals surface area (Å²) in [5.74, 6) is -4.60. The van der Waals surface area contributed by atoms with E-state index in [1.54, 1.807) is 0 Å². The molecule has 0 bridgehead atoms. The van der Waals surface area contributed by atoms with Crippen molar-refractivity contribution in [2.75, 3.05) is 0 Å². The Morgan fingerprint density at radius 3 is 0.944 bits per heavy atom. The zero-order chi connectivity index (χ0) is 13.3. The molecular weight excluding hydrogens is 302 g/mol. The van der Waals surface area contributed by atoms with Crippen LogP contribution in [0.2, 0.25) is 0 Å². The van der Waals surface area contributed by atoms with Gasteiger partial charge in [-0.25, -0.2) is 0 Å². The van der Waals surface area contributed by atoms with E-state index in [0.717, 1.165) is 0 Å². The fraction of sp³-hybridized carbons (Fsp3) is 0.500. The average Bonchev–Trinajstić information content (AvgIpc) is 1.92. The van der Waals surface area contributed by atoms with Gasteiger partial charge in [0.1, 0.15) is 0 Å². The van der Waals surface area contributed by atoms with E-state index in [2.05, 4.69) is 0 Å². The largest absolute Gasteiger partial charge is 0.481 e. The second-order valence-corrected chi connectivity index (χ2v) is 6.21. The lowest BCUT2D eigenvalue weighted by Crippen LogP contribution is -2.39. The highest BCUT2D eigenvalue weighted by Crippen LogP contribution is 2.54. The van der Waals surface area contributed by atoms with E-state index in [0.29, 0.717) is 0 Å². The molecule has 10 N–H and O–H groups in total. The van der Waals surface area contributed by atoms with Crippen molar-refractivity contribution in [1.82, 2.24) is 0 Å². The molecule has 0 aliphatic heterocycles. The van der Waals surface area contributed by atoms with Crippen molar-refractivity contribution in [2.24, 2.45) is 0 Å². The maximum Gasteiger partial charge on any atom is 0.341 e. The van der Waals surface area contributed by atoms with Gasteiger partial charge in [-0.15, -0.1) is 0 Å². The second kappa shape index (κ2) is 6.92. The number of carboxylic acid groups (broad SMARTS) is 2. The van der Waals surface area contributed by atoms with Gasteiger partial charge in [0, 0.05) is 0 Å². The Hall–Kier alpha value is -0.840. The maximum atomic E-state index is 10.7. The molecule has 0 aromatic rings. The molecule has 0 saturated heterocycles. The van der Waals surface area contributed by atoms with E-state index in [-0.39, 0.29) is 11.0 Å². The zero-order valence-electron chi connectivity index (χ0n) is 8.37. The minimum Gasteiger partial charge on any atom is -0.481 e. The van der Waals surface area contributed by atoms with Crippen molar-refractivity contribution < 1.29 is 59.5 Å². The zero-order valence-corrected chi connectivity index (χ0v) is 10.2. The minimum atomic E-state index is -5.51. The number of rotatable bonds is 5. The Morgan fingerprint density at radius 1 is 0.722 bits per heavy atom. The smallest absolute Gasteiger partial charge is 0.341 e. The van der Waals surface area contributed by atoms with E-state index in [1.165, 1.54) is 0 Å². The molecule has 0 spiro atoms. The highest BCUT2D eigenvalue weighted by molar-refractivity contribution is 7.58. The monoisotopic (exact) mass is 314 g/mol. The minimum absolute atomic E-state index is 0. The third-order valence-electron chi connectivity index (χ3n) is 1.53. The molecule has 2 unspecified atom stereocenters. The summed E-state index contributed by atoms with van der Waals surface area (Å²) in [7, 11) is -11.0. The molecule has 0 radical (unpaired) electrons. The predicted molar refractivity (Wildman–Crippen MR) is 54.2 cm³/mol. The van der Waals surface area contributed by atoms with E-state index < -0.39 is 38.4 Å². The predicted octanol–water partition coefficient (Wildman–Crippen LogP) is -3.40. The molecule has 14 heteroatoms. The van der Waals surface area contributed by atoms with Crippen molar-refractivity contribution >= 4 is 27.1 Å². The SMILES string of the molecule is O.O.O=C(O)C(C(C(=O)O)P(=O)(O)O)P(=O)(O)O. The fourth-order valence-corrected chi connectivity index (χ4v) is 3.53. The maximum absolute atomic E-state index is 10.7. The lowest BCUT2D eigenvalue weighted by molar-refractivity contribution is -0.143. The second-order valence-electron chi connectivity index (χ2n) is 2.74. The van der Waals surface area contributed by atoms with E-state index >= 15 is 0 Å². The summed E-state index contributed by atoms with van der Waals surface area (Å²) in [4.78, 5) is 55.1. The Bertz CT molecular complexity index is 351.